The summed E-state index contributed by atoms with van der Waals surface area (Å²) < 4.78 is 19.2. The lowest BCUT2D eigenvalue weighted by Gasteiger charge is -2.46. The van der Waals surface area contributed by atoms with Crippen LogP contribution < -0.4 is 9.64 Å². The van der Waals surface area contributed by atoms with E-state index in [1.807, 2.05) is 6.07 Å². The fraction of sp³-hybridized carbons (Fsp3) is 0.300. The molecule has 1 aliphatic heterocycles. The standard InChI is InChI=1S/C20H19FN2O4/c1-20(2)19(26)18(15-9-12(10-22)3-8-16(15)27-20)23(11-17(24)25)14-6-4-13(21)5-7-14/h3-9,18-19,26H,11H2,1-2H3,(H,24,25)/t18-,19+/m0/s1. The van der Waals surface area contributed by atoms with Gasteiger partial charge in [-0.3, -0.25) is 4.79 Å². The largest absolute Gasteiger partial charge is 0.485 e. The van der Waals surface area contributed by atoms with Crippen LogP contribution >= 0.6 is 0 Å². The molecule has 27 heavy (non-hydrogen) atoms. The number of carbonyl (C=O) groups is 1. The first-order chi connectivity index (χ1) is 12.7. The second-order valence-electron chi connectivity index (χ2n) is 6.96. The highest BCUT2D eigenvalue weighted by atomic mass is 19.1. The summed E-state index contributed by atoms with van der Waals surface area (Å²) in [6.45, 7) is 2.99. The minimum absolute atomic E-state index is 0.364. The highest BCUT2D eigenvalue weighted by Crippen LogP contribution is 2.44. The van der Waals surface area contributed by atoms with Crippen LogP contribution in [-0.2, 0) is 4.79 Å². The first-order valence-electron chi connectivity index (χ1n) is 8.38. The van der Waals surface area contributed by atoms with E-state index in [9.17, 15) is 24.7 Å². The lowest BCUT2D eigenvalue weighted by molar-refractivity contribution is -0.135. The van der Waals surface area contributed by atoms with Crippen molar-refractivity contribution in [1.29, 1.82) is 5.26 Å². The molecule has 7 heteroatoms. The lowest BCUT2D eigenvalue weighted by atomic mass is 9.84. The van der Waals surface area contributed by atoms with Crippen LogP contribution in [0.3, 0.4) is 0 Å². The summed E-state index contributed by atoms with van der Waals surface area (Å²) in [5.41, 5.74) is 0.312. The molecule has 0 fully saturated rings. The Labute approximate surface area is 156 Å². The van der Waals surface area contributed by atoms with E-state index in [2.05, 4.69) is 0 Å². The van der Waals surface area contributed by atoms with Crippen molar-refractivity contribution in [2.45, 2.75) is 31.6 Å². The molecule has 0 amide bonds. The molecule has 1 aliphatic rings. The van der Waals surface area contributed by atoms with Crippen molar-refractivity contribution in [2.75, 3.05) is 11.4 Å². The molecule has 0 unspecified atom stereocenters. The van der Waals surface area contributed by atoms with Crippen LogP contribution in [0, 0.1) is 17.1 Å². The Bertz CT molecular complexity index is 905. The number of aliphatic hydroxyl groups excluding tert-OH is 1. The van der Waals surface area contributed by atoms with E-state index in [-0.39, 0.29) is 0 Å². The third kappa shape index (κ3) is 3.57. The number of benzene rings is 2. The number of ether oxygens (including phenoxy) is 1. The summed E-state index contributed by atoms with van der Waals surface area (Å²) in [5, 5.41) is 29.6. The predicted octanol–water partition coefficient (Wildman–Crippen LogP) is 2.86. The fourth-order valence-corrected chi connectivity index (χ4v) is 3.30. The average Bonchev–Trinajstić information content (AvgIpc) is 2.61. The van der Waals surface area contributed by atoms with Gasteiger partial charge in [-0.25, -0.2) is 4.39 Å². The number of aliphatic carboxylic acids is 1. The number of halogens is 1. The minimum atomic E-state index is -1.10. The van der Waals surface area contributed by atoms with E-state index in [0.29, 0.717) is 22.6 Å². The zero-order valence-corrected chi connectivity index (χ0v) is 14.9. The normalized spacial score (nSPS) is 20.1. The number of hydrogen-bond acceptors (Lipinski definition) is 5. The van der Waals surface area contributed by atoms with E-state index in [1.165, 1.54) is 29.2 Å². The second kappa shape index (κ2) is 6.89. The average molecular weight is 370 g/mol. The molecule has 0 aromatic heterocycles. The fourth-order valence-electron chi connectivity index (χ4n) is 3.30. The van der Waals surface area contributed by atoms with Gasteiger partial charge in [0, 0.05) is 11.3 Å². The van der Waals surface area contributed by atoms with Crippen molar-refractivity contribution in [1.82, 2.24) is 0 Å². The Morgan fingerprint density at radius 2 is 1.96 bits per heavy atom. The molecule has 2 aromatic carbocycles. The number of carboxylic acids is 1. The summed E-state index contributed by atoms with van der Waals surface area (Å²) in [4.78, 5) is 13.0. The Balaban J connectivity index is 2.18. The number of carboxylic acid groups (broad SMARTS) is 1. The molecule has 3 rings (SSSR count). The summed E-state index contributed by atoms with van der Waals surface area (Å²) in [6, 6.07) is 11.4. The van der Waals surface area contributed by atoms with Crippen molar-refractivity contribution in [3.63, 3.8) is 0 Å². The molecule has 0 spiro atoms. The van der Waals surface area contributed by atoms with Crippen LogP contribution in [0.1, 0.15) is 31.0 Å². The predicted molar refractivity (Wildman–Crippen MR) is 96.0 cm³/mol. The number of hydrogen-bond donors (Lipinski definition) is 2. The maximum Gasteiger partial charge on any atom is 0.323 e. The number of nitrogens with zero attached hydrogens (tertiary/aromatic N) is 2. The molecule has 0 saturated heterocycles. The van der Waals surface area contributed by atoms with Gasteiger partial charge in [-0.1, -0.05) is 0 Å². The lowest BCUT2D eigenvalue weighted by Crippen LogP contribution is -2.54. The molecule has 2 atom stereocenters. The van der Waals surface area contributed by atoms with E-state index in [4.69, 9.17) is 4.74 Å². The molecule has 0 aliphatic carbocycles. The van der Waals surface area contributed by atoms with Crippen molar-refractivity contribution < 1.29 is 24.1 Å². The van der Waals surface area contributed by atoms with Crippen molar-refractivity contribution in [3.8, 4) is 11.8 Å². The summed E-state index contributed by atoms with van der Waals surface area (Å²) in [5.74, 6) is -1.09. The Morgan fingerprint density at radius 3 is 2.56 bits per heavy atom. The molecule has 1 heterocycles. The first kappa shape index (κ1) is 18.7. The quantitative estimate of drug-likeness (QED) is 0.860. The summed E-state index contributed by atoms with van der Waals surface area (Å²) in [7, 11) is 0. The van der Waals surface area contributed by atoms with Gasteiger partial charge in [0.25, 0.3) is 0 Å². The topological polar surface area (TPSA) is 93.8 Å². The Morgan fingerprint density at radius 1 is 1.30 bits per heavy atom. The molecule has 2 aromatic rings. The summed E-state index contributed by atoms with van der Waals surface area (Å²) in [6.07, 6.45) is -1.09. The molecule has 0 radical (unpaired) electrons. The molecular weight excluding hydrogens is 351 g/mol. The van der Waals surface area contributed by atoms with Crippen LogP contribution in [0.25, 0.3) is 0 Å². The van der Waals surface area contributed by atoms with Gasteiger partial charge in [-0.05, 0) is 56.3 Å². The maximum atomic E-state index is 13.4. The van der Waals surface area contributed by atoms with Gasteiger partial charge in [0.1, 0.15) is 29.8 Å². The van der Waals surface area contributed by atoms with E-state index < -0.39 is 36.1 Å². The monoisotopic (exact) mass is 370 g/mol. The number of nitriles is 1. The summed E-state index contributed by atoms with van der Waals surface area (Å²) >= 11 is 0. The SMILES string of the molecule is CC1(C)Oc2ccc(C#N)cc2[C@H](N(CC(=O)O)c2ccc(F)cc2)[C@H]1O. The van der Waals surface area contributed by atoms with Gasteiger partial charge >= 0.3 is 5.97 Å². The van der Waals surface area contributed by atoms with Crippen molar-refractivity contribution in [2.24, 2.45) is 0 Å². The van der Waals surface area contributed by atoms with Gasteiger partial charge in [0.05, 0.1) is 17.7 Å². The molecule has 0 bridgehead atoms. The third-order valence-electron chi connectivity index (χ3n) is 4.64. The molecule has 6 nitrogen and oxygen atoms in total. The van der Waals surface area contributed by atoms with Gasteiger partial charge in [-0.15, -0.1) is 0 Å². The second-order valence-corrected chi connectivity index (χ2v) is 6.96. The van der Waals surface area contributed by atoms with Gasteiger partial charge in [-0.2, -0.15) is 5.26 Å². The Hall–Kier alpha value is -3.11. The zero-order valence-electron chi connectivity index (χ0n) is 14.9. The Kier molecular flexibility index (Phi) is 4.77. The number of rotatable bonds is 4. The van der Waals surface area contributed by atoms with Crippen LogP contribution in [0.2, 0.25) is 0 Å². The zero-order chi connectivity index (χ0) is 19.8. The number of fused-ring (bicyclic) bond motifs is 1. The third-order valence-corrected chi connectivity index (χ3v) is 4.64. The van der Waals surface area contributed by atoms with Gasteiger partial charge in [0.15, 0.2) is 0 Å². The van der Waals surface area contributed by atoms with Crippen molar-refractivity contribution >= 4 is 11.7 Å². The van der Waals surface area contributed by atoms with E-state index in [1.54, 1.807) is 32.0 Å². The minimum Gasteiger partial charge on any atom is -0.485 e. The van der Waals surface area contributed by atoms with E-state index >= 15 is 0 Å². The van der Waals surface area contributed by atoms with Crippen molar-refractivity contribution in [3.05, 3.63) is 59.4 Å². The van der Waals surface area contributed by atoms with Crippen LogP contribution in [0.4, 0.5) is 10.1 Å². The highest BCUT2D eigenvalue weighted by Gasteiger charge is 2.46. The van der Waals surface area contributed by atoms with Crippen LogP contribution in [0.15, 0.2) is 42.5 Å². The number of anilines is 1. The van der Waals surface area contributed by atoms with E-state index in [0.717, 1.165) is 0 Å². The molecule has 2 N–H and O–H groups in total. The smallest absolute Gasteiger partial charge is 0.323 e. The molecule has 140 valence electrons. The number of aliphatic hydroxyl groups is 1. The first-order valence-corrected chi connectivity index (χ1v) is 8.38. The maximum absolute atomic E-state index is 13.4. The van der Waals surface area contributed by atoms with Gasteiger partial charge < -0.3 is 19.8 Å². The van der Waals surface area contributed by atoms with Crippen LogP contribution in [-0.4, -0.2) is 34.4 Å². The van der Waals surface area contributed by atoms with Crippen LogP contribution in [0.5, 0.6) is 5.75 Å². The molecular formula is C20H19FN2O4. The molecule has 0 saturated carbocycles. The van der Waals surface area contributed by atoms with Gasteiger partial charge in [0.2, 0.25) is 0 Å². The highest BCUT2D eigenvalue weighted by molar-refractivity contribution is 5.74.